The molecule has 1 aromatic carbocycles. The molecule has 0 aliphatic heterocycles. The number of aromatic carboxylic acids is 1. The van der Waals surface area contributed by atoms with E-state index in [1.165, 1.54) is 18.3 Å². The first-order valence-corrected chi connectivity index (χ1v) is 6.38. The molecule has 98 valence electrons. The number of carbonyl (C=O) groups is 2. The largest absolute Gasteiger partial charge is 0.478 e. The maximum Gasteiger partial charge on any atom is 0.336 e. The molecule has 19 heavy (non-hydrogen) atoms. The first-order valence-electron chi connectivity index (χ1n) is 5.56. The third-order valence-electron chi connectivity index (χ3n) is 2.48. The monoisotopic (exact) mass is 276 g/mol. The van der Waals surface area contributed by atoms with Crippen LogP contribution in [0.25, 0.3) is 10.4 Å². The van der Waals surface area contributed by atoms with Crippen molar-refractivity contribution in [3.8, 4) is 10.4 Å². The fourth-order valence-corrected chi connectivity index (χ4v) is 2.77. The summed E-state index contributed by atoms with van der Waals surface area (Å²) in [5.41, 5.74) is 1.53. The normalized spacial score (nSPS) is 10.2. The predicted molar refractivity (Wildman–Crippen MR) is 73.6 cm³/mol. The van der Waals surface area contributed by atoms with Gasteiger partial charge < -0.3 is 10.4 Å². The second-order valence-corrected chi connectivity index (χ2v) is 4.96. The summed E-state index contributed by atoms with van der Waals surface area (Å²) in [5, 5.41) is 12.3. The van der Waals surface area contributed by atoms with Gasteiger partial charge in [-0.1, -0.05) is 29.5 Å². The average Bonchev–Trinajstić information content (AvgIpc) is 2.69. The minimum atomic E-state index is -0.982. The highest BCUT2D eigenvalue weighted by molar-refractivity contribution is 7.19. The highest BCUT2D eigenvalue weighted by Crippen LogP contribution is 2.34. The summed E-state index contributed by atoms with van der Waals surface area (Å²) in [5.74, 6) is -1.18. The Hall–Kier alpha value is -2.21. The highest BCUT2D eigenvalue weighted by atomic mass is 32.1. The van der Waals surface area contributed by atoms with Crippen molar-refractivity contribution in [3.63, 3.8) is 0 Å². The molecule has 0 atom stereocenters. The van der Waals surface area contributed by atoms with Crippen LogP contribution in [0.4, 0.5) is 5.13 Å². The van der Waals surface area contributed by atoms with Gasteiger partial charge in [0.1, 0.15) is 0 Å². The zero-order chi connectivity index (χ0) is 14.0. The Labute approximate surface area is 113 Å². The van der Waals surface area contributed by atoms with Crippen molar-refractivity contribution in [1.29, 1.82) is 0 Å². The van der Waals surface area contributed by atoms with Crippen molar-refractivity contribution in [3.05, 3.63) is 35.5 Å². The summed E-state index contributed by atoms with van der Waals surface area (Å²) < 4.78 is 0. The molecule has 2 rings (SSSR count). The minimum absolute atomic E-state index is 0.202. The highest BCUT2D eigenvalue weighted by Gasteiger charge is 2.16. The minimum Gasteiger partial charge on any atom is -0.478 e. The van der Waals surface area contributed by atoms with Gasteiger partial charge in [-0.25, -0.2) is 9.78 Å². The van der Waals surface area contributed by atoms with E-state index in [2.05, 4.69) is 10.3 Å². The molecule has 0 aliphatic carbocycles. The van der Waals surface area contributed by atoms with E-state index in [1.54, 1.807) is 31.2 Å². The van der Waals surface area contributed by atoms with Crippen LogP contribution < -0.4 is 5.32 Å². The molecule has 0 fully saturated rings. The van der Waals surface area contributed by atoms with Gasteiger partial charge in [-0.2, -0.15) is 0 Å². The van der Waals surface area contributed by atoms with Gasteiger partial charge in [-0.15, -0.1) is 0 Å². The first kappa shape index (κ1) is 13.2. The van der Waals surface area contributed by atoms with E-state index in [0.717, 1.165) is 4.88 Å². The number of carboxylic acids is 1. The summed E-state index contributed by atoms with van der Waals surface area (Å²) in [7, 11) is 0. The van der Waals surface area contributed by atoms with Crippen molar-refractivity contribution in [2.75, 3.05) is 5.32 Å². The Morgan fingerprint density at radius 3 is 2.63 bits per heavy atom. The Morgan fingerprint density at radius 2 is 2.00 bits per heavy atom. The van der Waals surface area contributed by atoms with Gasteiger partial charge in [0.25, 0.3) is 0 Å². The lowest BCUT2D eigenvalue weighted by Gasteiger charge is -2.03. The second-order valence-electron chi connectivity index (χ2n) is 3.97. The lowest BCUT2D eigenvalue weighted by atomic mass is 10.1. The van der Waals surface area contributed by atoms with Crippen LogP contribution in [0.1, 0.15) is 23.0 Å². The molecule has 0 radical (unpaired) electrons. The molecule has 0 bridgehead atoms. The molecule has 1 amide bonds. The van der Waals surface area contributed by atoms with Crippen molar-refractivity contribution in [2.24, 2.45) is 0 Å². The number of amides is 1. The van der Waals surface area contributed by atoms with E-state index in [1.807, 2.05) is 0 Å². The Kier molecular flexibility index (Phi) is 3.62. The van der Waals surface area contributed by atoms with Crippen molar-refractivity contribution in [1.82, 2.24) is 4.98 Å². The van der Waals surface area contributed by atoms with Gasteiger partial charge in [0, 0.05) is 12.5 Å². The van der Waals surface area contributed by atoms with Gasteiger partial charge in [-0.3, -0.25) is 4.79 Å². The third-order valence-corrected chi connectivity index (χ3v) is 3.59. The summed E-state index contributed by atoms with van der Waals surface area (Å²) in [4.78, 5) is 27.2. The number of rotatable bonds is 3. The van der Waals surface area contributed by atoms with Crippen LogP contribution in [0, 0.1) is 6.92 Å². The van der Waals surface area contributed by atoms with Crippen LogP contribution in [-0.4, -0.2) is 22.0 Å². The van der Waals surface area contributed by atoms with Gasteiger partial charge in [-0.05, 0) is 13.0 Å². The molecular weight excluding hydrogens is 264 g/mol. The number of anilines is 1. The van der Waals surface area contributed by atoms with E-state index in [9.17, 15) is 14.7 Å². The number of carboxylic acid groups (broad SMARTS) is 1. The molecule has 0 saturated carbocycles. The van der Waals surface area contributed by atoms with Crippen molar-refractivity contribution < 1.29 is 14.7 Å². The molecule has 2 N–H and O–H groups in total. The summed E-state index contributed by atoms with van der Waals surface area (Å²) in [6.07, 6.45) is 0. The van der Waals surface area contributed by atoms with E-state index in [4.69, 9.17) is 0 Å². The molecule has 0 spiro atoms. The van der Waals surface area contributed by atoms with Gasteiger partial charge >= 0.3 is 5.97 Å². The third kappa shape index (κ3) is 2.79. The lowest BCUT2D eigenvalue weighted by Crippen LogP contribution is -2.04. The van der Waals surface area contributed by atoms with Gasteiger partial charge in [0.2, 0.25) is 5.91 Å². The number of aromatic nitrogens is 1. The van der Waals surface area contributed by atoms with Crippen molar-refractivity contribution >= 4 is 28.3 Å². The van der Waals surface area contributed by atoms with E-state index >= 15 is 0 Å². The number of benzene rings is 1. The molecule has 0 saturated heterocycles. The zero-order valence-electron chi connectivity index (χ0n) is 10.4. The zero-order valence-corrected chi connectivity index (χ0v) is 11.2. The van der Waals surface area contributed by atoms with E-state index in [-0.39, 0.29) is 11.5 Å². The number of nitrogens with one attached hydrogen (secondary N) is 1. The fraction of sp³-hybridized carbons (Fsp3) is 0.154. The molecule has 0 aliphatic rings. The van der Waals surface area contributed by atoms with Crippen LogP contribution in [0.5, 0.6) is 0 Å². The standard InChI is InChI=1S/C13H12N2O3S/c1-7-11(19-13(14-7)15-8(2)16)9-5-3-4-6-10(9)12(17)18/h3-6H,1-2H3,(H,17,18)(H,14,15,16). The Bertz CT molecular complexity index is 649. The lowest BCUT2D eigenvalue weighted by molar-refractivity contribution is -0.114. The molecule has 1 heterocycles. The molecule has 5 nitrogen and oxygen atoms in total. The maximum absolute atomic E-state index is 11.2. The van der Waals surface area contributed by atoms with Crippen molar-refractivity contribution in [2.45, 2.75) is 13.8 Å². The van der Waals surface area contributed by atoms with Gasteiger partial charge in [0.05, 0.1) is 16.1 Å². The molecule has 0 unspecified atom stereocenters. The Morgan fingerprint density at radius 1 is 1.32 bits per heavy atom. The van der Waals surface area contributed by atoms with Crippen LogP contribution in [0.3, 0.4) is 0 Å². The molecule has 2 aromatic rings. The SMILES string of the molecule is CC(=O)Nc1nc(C)c(-c2ccccc2C(=O)O)s1. The topological polar surface area (TPSA) is 79.3 Å². The van der Waals surface area contributed by atoms with Crippen LogP contribution in [-0.2, 0) is 4.79 Å². The Balaban J connectivity index is 2.50. The number of nitrogens with zero attached hydrogens (tertiary/aromatic N) is 1. The van der Waals surface area contributed by atoms with E-state index in [0.29, 0.717) is 16.4 Å². The van der Waals surface area contributed by atoms with E-state index < -0.39 is 5.97 Å². The number of hydrogen-bond donors (Lipinski definition) is 2. The summed E-state index contributed by atoms with van der Waals surface area (Å²) in [6.45, 7) is 3.19. The van der Waals surface area contributed by atoms with Gasteiger partial charge in [0.15, 0.2) is 5.13 Å². The maximum atomic E-state index is 11.2. The number of carbonyl (C=O) groups excluding carboxylic acids is 1. The molecular formula is C13H12N2O3S. The predicted octanol–water partition coefficient (Wildman–Crippen LogP) is 2.78. The summed E-state index contributed by atoms with van der Waals surface area (Å²) >= 11 is 1.27. The molecule has 6 heteroatoms. The average molecular weight is 276 g/mol. The molecule has 1 aromatic heterocycles. The second kappa shape index (κ2) is 5.19. The first-order chi connectivity index (χ1) is 8.99. The number of aryl methyl sites for hydroxylation is 1. The van der Waals surface area contributed by atoms with Crippen LogP contribution >= 0.6 is 11.3 Å². The van der Waals surface area contributed by atoms with Crippen LogP contribution in [0.15, 0.2) is 24.3 Å². The van der Waals surface area contributed by atoms with Crippen LogP contribution in [0.2, 0.25) is 0 Å². The quantitative estimate of drug-likeness (QED) is 0.903. The number of thiazole rings is 1. The number of hydrogen-bond acceptors (Lipinski definition) is 4. The fourth-order valence-electron chi connectivity index (χ4n) is 1.72. The smallest absolute Gasteiger partial charge is 0.336 e. The summed E-state index contributed by atoms with van der Waals surface area (Å²) in [6, 6.07) is 6.74.